The van der Waals surface area contributed by atoms with Crippen molar-refractivity contribution in [2.45, 2.75) is 25.4 Å². The summed E-state index contributed by atoms with van der Waals surface area (Å²) in [6.45, 7) is 0. The molecule has 3 N–H and O–H groups in total. The number of ether oxygens (including phenoxy) is 1. The van der Waals surface area contributed by atoms with E-state index in [2.05, 4.69) is 0 Å². The first-order chi connectivity index (χ1) is 14.9. The van der Waals surface area contributed by atoms with E-state index >= 15 is 0 Å². The molecule has 1 aliphatic carbocycles. The lowest BCUT2D eigenvalue weighted by atomic mass is 10.1. The fraction of sp³-hybridized carbons (Fsp3) is 0.217. The molecule has 31 heavy (non-hydrogen) atoms. The second-order valence-corrected chi connectivity index (χ2v) is 6.94. The molecule has 0 unspecified atom stereocenters. The lowest BCUT2D eigenvalue weighted by molar-refractivity contribution is -0.218. The maximum absolute atomic E-state index is 12.1. The molecule has 0 bridgehead atoms. The number of carbonyl (C=O) groups is 2. The first-order valence-corrected chi connectivity index (χ1v) is 9.54. The number of hydrogen-bond donors (Lipinski definition) is 3. The average Bonchev–Trinajstić information content (AvgIpc) is 3.57. The summed E-state index contributed by atoms with van der Waals surface area (Å²) in [5.41, 5.74) is 0.937. The molecule has 0 heterocycles. The number of benzene rings is 2. The van der Waals surface area contributed by atoms with Gasteiger partial charge in [0.05, 0.1) is 13.5 Å². The third-order valence-electron chi connectivity index (χ3n) is 4.40. The van der Waals surface area contributed by atoms with Crippen LogP contribution >= 0.6 is 0 Å². The molecular formula is C23H22O8. The van der Waals surface area contributed by atoms with Gasteiger partial charge in [-0.2, -0.15) is 4.89 Å². The van der Waals surface area contributed by atoms with Gasteiger partial charge in [0.25, 0.3) is 0 Å². The second kappa shape index (κ2) is 9.82. The second-order valence-electron chi connectivity index (χ2n) is 6.94. The summed E-state index contributed by atoms with van der Waals surface area (Å²) in [7, 11) is 1.42. The third-order valence-corrected chi connectivity index (χ3v) is 4.40. The van der Waals surface area contributed by atoms with E-state index in [1.54, 1.807) is 12.1 Å². The fourth-order valence-corrected chi connectivity index (χ4v) is 2.53. The molecule has 3 rings (SSSR count). The van der Waals surface area contributed by atoms with Gasteiger partial charge in [0.15, 0.2) is 28.8 Å². The van der Waals surface area contributed by atoms with E-state index in [-0.39, 0.29) is 35.5 Å². The van der Waals surface area contributed by atoms with Crippen LogP contribution in [0.3, 0.4) is 0 Å². The highest BCUT2D eigenvalue weighted by Crippen LogP contribution is 2.40. The Morgan fingerprint density at radius 2 is 1.68 bits per heavy atom. The highest BCUT2D eigenvalue weighted by Gasteiger charge is 2.26. The Morgan fingerprint density at radius 3 is 2.35 bits per heavy atom. The normalized spacial score (nSPS) is 13.6. The van der Waals surface area contributed by atoms with E-state index in [1.165, 1.54) is 49.6 Å². The minimum Gasteiger partial charge on any atom is -0.504 e. The lowest BCUT2D eigenvalue weighted by Gasteiger charge is -2.10. The number of phenolic OH excluding ortho intramolecular Hbond substituents is 3. The Kier molecular flexibility index (Phi) is 6.94. The number of carbonyl (C=O) groups excluding carboxylic acids is 2. The van der Waals surface area contributed by atoms with Crippen molar-refractivity contribution in [3.05, 3.63) is 53.6 Å². The standard InChI is InChI=1S/C23H22O8/c1-29-21-12-14(3-10-19(21)26)2-6-16(24)13-17(25)7-4-15-5-11-20(27)22(28)23(15)31-30-18-8-9-18/h2-7,10-12,18,26-28H,8-9,13H2,1H3/b6-2+,7-4+. The van der Waals surface area contributed by atoms with E-state index in [4.69, 9.17) is 14.5 Å². The number of aromatic hydroxyl groups is 3. The summed E-state index contributed by atoms with van der Waals surface area (Å²) < 4.78 is 5.01. The van der Waals surface area contributed by atoms with Crippen LogP contribution in [0.25, 0.3) is 12.2 Å². The average molecular weight is 426 g/mol. The maximum atomic E-state index is 12.1. The Hall–Kier alpha value is -3.78. The monoisotopic (exact) mass is 426 g/mol. The van der Waals surface area contributed by atoms with Crippen molar-refractivity contribution in [2.75, 3.05) is 7.11 Å². The van der Waals surface area contributed by atoms with Gasteiger partial charge >= 0.3 is 0 Å². The van der Waals surface area contributed by atoms with Crippen LogP contribution < -0.4 is 9.62 Å². The first kappa shape index (κ1) is 21.9. The van der Waals surface area contributed by atoms with Gasteiger partial charge in [0.2, 0.25) is 11.5 Å². The molecule has 0 aromatic heterocycles. The van der Waals surface area contributed by atoms with Crippen LogP contribution in [0.15, 0.2) is 42.5 Å². The molecule has 2 aromatic rings. The predicted molar refractivity (Wildman–Crippen MR) is 112 cm³/mol. The molecule has 0 spiro atoms. The van der Waals surface area contributed by atoms with Crippen LogP contribution in [0, 0.1) is 0 Å². The molecular weight excluding hydrogens is 404 g/mol. The molecule has 0 atom stereocenters. The van der Waals surface area contributed by atoms with Gasteiger partial charge in [-0.1, -0.05) is 12.1 Å². The summed E-state index contributed by atoms with van der Waals surface area (Å²) in [4.78, 5) is 34.4. The summed E-state index contributed by atoms with van der Waals surface area (Å²) in [6, 6.07) is 7.31. The molecule has 2 aromatic carbocycles. The Bertz CT molecular complexity index is 1030. The fourth-order valence-electron chi connectivity index (χ4n) is 2.53. The highest BCUT2D eigenvalue weighted by atomic mass is 17.2. The van der Waals surface area contributed by atoms with E-state index in [0.717, 1.165) is 12.8 Å². The predicted octanol–water partition coefficient (Wildman–Crippen LogP) is 3.54. The van der Waals surface area contributed by atoms with Gasteiger partial charge in [-0.25, -0.2) is 0 Å². The number of methoxy groups -OCH3 is 1. The molecule has 0 amide bonds. The first-order valence-electron chi connectivity index (χ1n) is 9.54. The van der Waals surface area contributed by atoms with Crippen molar-refractivity contribution < 1.29 is 39.4 Å². The quantitative estimate of drug-likeness (QED) is 0.173. The van der Waals surface area contributed by atoms with Gasteiger partial charge in [-0.15, -0.1) is 0 Å². The van der Waals surface area contributed by atoms with Crippen molar-refractivity contribution in [2.24, 2.45) is 0 Å². The summed E-state index contributed by atoms with van der Waals surface area (Å²) in [5.74, 6) is -1.61. The molecule has 1 fully saturated rings. The molecule has 0 saturated heterocycles. The summed E-state index contributed by atoms with van der Waals surface area (Å²) >= 11 is 0. The summed E-state index contributed by atoms with van der Waals surface area (Å²) in [5, 5.41) is 29.2. The minimum absolute atomic E-state index is 0.0163. The number of ketones is 2. The van der Waals surface area contributed by atoms with Gasteiger partial charge < -0.3 is 24.9 Å². The summed E-state index contributed by atoms with van der Waals surface area (Å²) in [6.07, 6.45) is 6.60. The van der Waals surface area contributed by atoms with Gasteiger partial charge in [-0.3, -0.25) is 9.59 Å². The molecule has 8 heteroatoms. The van der Waals surface area contributed by atoms with Crippen molar-refractivity contribution in [1.29, 1.82) is 0 Å². The van der Waals surface area contributed by atoms with Crippen molar-refractivity contribution >= 4 is 23.7 Å². The van der Waals surface area contributed by atoms with Crippen LogP contribution in [0.1, 0.15) is 30.4 Å². The van der Waals surface area contributed by atoms with Gasteiger partial charge in [0.1, 0.15) is 6.10 Å². The molecule has 162 valence electrons. The largest absolute Gasteiger partial charge is 0.504 e. The van der Waals surface area contributed by atoms with E-state index < -0.39 is 17.3 Å². The number of allylic oxidation sites excluding steroid dienone is 2. The zero-order valence-electron chi connectivity index (χ0n) is 16.8. The van der Waals surface area contributed by atoms with E-state index in [1.807, 2.05) is 0 Å². The van der Waals surface area contributed by atoms with E-state index in [9.17, 15) is 24.9 Å². The smallest absolute Gasteiger partial charge is 0.218 e. The number of rotatable bonds is 10. The molecule has 8 nitrogen and oxygen atoms in total. The molecule has 1 saturated carbocycles. The lowest BCUT2D eigenvalue weighted by Crippen LogP contribution is -2.03. The zero-order chi connectivity index (χ0) is 22.4. The van der Waals surface area contributed by atoms with Crippen LogP contribution in [0.2, 0.25) is 0 Å². The van der Waals surface area contributed by atoms with Gasteiger partial charge in [-0.05, 0) is 60.9 Å². The van der Waals surface area contributed by atoms with Crippen LogP contribution in [-0.2, 0) is 14.5 Å². The zero-order valence-corrected chi connectivity index (χ0v) is 16.8. The molecule has 0 aliphatic heterocycles. The highest BCUT2D eigenvalue weighted by molar-refractivity contribution is 6.11. The van der Waals surface area contributed by atoms with E-state index in [0.29, 0.717) is 11.1 Å². The number of phenols is 3. The Balaban J connectivity index is 1.62. The maximum Gasteiger partial charge on any atom is 0.218 e. The van der Waals surface area contributed by atoms with Crippen molar-refractivity contribution in [3.8, 4) is 28.7 Å². The SMILES string of the molecule is COc1cc(/C=C/C(=O)CC(=O)/C=C/c2ccc(O)c(O)c2OOC2CC2)ccc1O. The van der Waals surface area contributed by atoms with Crippen molar-refractivity contribution in [1.82, 2.24) is 0 Å². The van der Waals surface area contributed by atoms with Crippen LogP contribution in [0.4, 0.5) is 0 Å². The van der Waals surface area contributed by atoms with Crippen LogP contribution in [-0.4, -0.2) is 40.1 Å². The minimum atomic E-state index is -0.501. The Morgan fingerprint density at radius 1 is 1.00 bits per heavy atom. The molecule has 1 aliphatic rings. The number of hydrogen-bond acceptors (Lipinski definition) is 8. The van der Waals surface area contributed by atoms with Gasteiger partial charge in [0, 0.05) is 5.56 Å². The van der Waals surface area contributed by atoms with Crippen molar-refractivity contribution in [3.63, 3.8) is 0 Å². The Labute approximate surface area is 178 Å². The van der Waals surface area contributed by atoms with Crippen LogP contribution in [0.5, 0.6) is 28.7 Å². The topological polar surface area (TPSA) is 123 Å². The third kappa shape index (κ3) is 6.10. The molecule has 0 radical (unpaired) electrons.